The highest BCUT2D eigenvalue weighted by Crippen LogP contribution is 2.29. The number of hydrogen-bond acceptors (Lipinski definition) is 3. The van der Waals surface area contributed by atoms with Gasteiger partial charge in [-0.3, -0.25) is 9.40 Å². The summed E-state index contributed by atoms with van der Waals surface area (Å²) >= 11 is 17.6. The molecule has 0 aliphatic carbocycles. The van der Waals surface area contributed by atoms with E-state index in [1.165, 1.54) is 17.1 Å². The van der Waals surface area contributed by atoms with Crippen molar-refractivity contribution in [3.05, 3.63) is 40.8 Å². The molecule has 1 aromatic carbocycles. The van der Waals surface area contributed by atoms with Gasteiger partial charge in [0.05, 0.1) is 12.7 Å². The summed E-state index contributed by atoms with van der Waals surface area (Å²) in [7, 11) is -3.83. The Bertz CT molecular complexity index is 965. The van der Waals surface area contributed by atoms with Gasteiger partial charge in [0.25, 0.3) is 10.0 Å². The maximum Gasteiger partial charge on any atom is 0.264 e. The lowest BCUT2D eigenvalue weighted by Crippen LogP contribution is -2.12. The van der Waals surface area contributed by atoms with Crippen molar-refractivity contribution in [2.24, 2.45) is 0 Å². The van der Waals surface area contributed by atoms with Crippen molar-refractivity contribution < 1.29 is 8.42 Å². The van der Waals surface area contributed by atoms with Gasteiger partial charge in [0.15, 0.2) is 5.15 Å². The zero-order valence-electron chi connectivity index (χ0n) is 11.6. The Kier molecular flexibility index (Phi) is 4.46. The van der Waals surface area contributed by atoms with Gasteiger partial charge >= 0.3 is 0 Å². The van der Waals surface area contributed by atoms with Crippen LogP contribution in [-0.2, 0) is 16.6 Å². The number of hydrogen-bond donors (Lipinski definition) is 2. The zero-order valence-corrected chi connectivity index (χ0v) is 14.6. The van der Waals surface area contributed by atoms with Gasteiger partial charge in [-0.05, 0) is 18.2 Å². The van der Waals surface area contributed by atoms with E-state index < -0.39 is 10.0 Å². The second-order valence-corrected chi connectivity index (χ2v) is 7.53. The van der Waals surface area contributed by atoms with E-state index in [9.17, 15) is 8.42 Å². The number of halogens is 3. The molecule has 3 rings (SSSR count). The number of aromatic amines is 1. The summed E-state index contributed by atoms with van der Waals surface area (Å²) in [6.07, 6.45) is 2.75. The SMILES string of the molecule is O=S(=O)(Nc1cnn(CCCl)c1Cl)c1c[nH]c2cc(Cl)ccc12. The minimum Gasteiger partial charge on any atom is -0.360 e. The van der Waals surface area contributed by atoms with Crippen molar-refractivity contribution >= 4 is 61.4 Å². The summed E-state index contributed by atoms with van der Waals surface area (Å²) in [4.78, 5) is 2.99. The van der Waals surface area contributed by atoms with Gasteiger partial charge in [0.1, 0.15) is 10.6 Å². The van der Waals surface area contributed by atoms with Gasteiger partial charge in [-0.1, -0.05) is 23.2 Å². The number of aryl methyl sites for hydroxylation is 1. The van der Waals surface area contributed by atoms with Crippen LogP contribution in [0.25, 0.3) is 10.9 Å². The highest BCUT2D eigenvalue weighted by atomic mass is 35.5. The number of alkyl halides is 1. The molecule has 0 saturated carbocycles. The minimum atomic E-state index is -3.83. The molecule has 3 aromatic rings. The first-order valence-electron chi connectivity index (χ1n) is 6.49. The lowest BCUT2D eigenvalue weighted by Gasteiger charge is -2.06. The third-order valence-corrected chi connectivity index (χ3v) is 5.42. The molecule has 122 valence electrons. The molecular weight excluding hydrogens is 383 g/mol. The predicted octanol–water partition coefficient (Wildman–Crippen LogP) is 3.71. The van der Waals surface area contributed by atoms with Gasteiger partial charge in [-0.15, -0.1) is 11.6 Å². The van der Waals surface area contributed by atoms with E-state index in [0.717, 1.165) is 0 Å². The highest BCUT2D eigenvalue weighted by Gasteiger charge is 2.21. The van der Waals surface area contributed by atoms with E-state index >= 15 is 0 Å². The van der Waals surface area contributed by atoms with Crippen molar-refractivity contribution in [2.75, 3.05) is 10.6 Å². The predicted molar refractivity (Wildman–Crippen MR) is 92.1 cm³/mol. The molecule has 0 spiro atoms. The van der Waals surface area contributed by atoms with Crippen LogP contribution in [0.1, 0.15) is 0 Å². The standard InChI is InChI=1S/C13H11Cl3N4O2S/c14-3-4-20-13(16)11(6-18-20)19-23(21,22)12-7-17-10-5-8(15)1-2-9(10)12/h1-2,5-7,17,19H,3-4H2. The molecule has 0 bridgehead atoms. The second-order valence-electron chi connectivity index (χ2n) is 4.71. The fourth-order valence-corrected chi connectivity index (χ4v) is 4.01. The molecule has 2 aromatic heterocycles. The first-order chi connectivity index (χ1) is 10.9. The summed E-state index contributed by atoms with van der Waals surface area (Å²) in [5, 5.41) is 5.22. The molecule has 0 radical (unpaired) electrons. The number of benzene rings is 1. The normalized spacial score (nSPS) is 12.0. The van der Waals surface area contributed by atoms with Crippen LogP contribution in [0.3, 0.4) is 0 Å². The molecule has 0 amide bonds. The summed E-state index contributed by atoms with van der Waals surface area (Å²) in [6.45, 7) is 0.383. The molecule has 0 aliphatic rings. The number of nitrogens with zero attached hydrogens (tertiary/aromatic N) is 2. The average Bonchev–Trinajstić information content (AvgIpc) is 3.05. The number of nitrogens with one attached hydrogen (secondary N) is 2. The third-order valence-electron chi connectivity index (χ3n) is 3.21. The first-order valence-corrected chi connectivity index (χ1v) is 9.26. The van der Waals surface area contributed by atoms with Gasteiger partial charge in [-0.25, -0.2) is 8.42 Å². The summed E-state index contributed by atoms with van der Waals surface area (Å²) in [5.41, 5.74) is 0.821. The zero-order chi connectivity index (χ0) is 16.6. The van der Waals surface area contributed by atoms with Crippen LogP contribution in [0.4, 0.5) is 5.69 Å². The molecule has 0 aliphatic heterocycles. The number of sulfonamides is 1. The average molecular weight is 394 g/mol. The molecule has 0 saturated heterocycles. The summed E-state index contributed by atoms with van der Waals surface area (Å²) < 4.78 is 29.0. The molecule has 0 unspecified atom stereocenters. The largest absolute Gasteiger partial charge is 0.360 e. The number of rotatable bonds is 5. The quantitative estimate of drug-likeness (QED) is 0.648. The van der Waals surface area contributed by atoms with Gasteiger partial charge < -0.3 is 4.98 Å². The van der Waals surface area contributed by atoms with E-state index in [1.54, 1.807) is 18.2 Å². The van der Waals surface area contributed by atoms with Crippen molar-refractivity contribution in [3.8, 4) is 0 Å². The molecule has 0 fully saturated rings. The molecule has 10 heteroatoms. The summed E-state index contributed by atoms with van der Waals surface area (Å²) in [5.74, 6) is 0.316. The topological polar surface area (TPSA) is 79.8 Å². The molecule has 2 heterocycles. The Morgan fingerprint density at radius 3 is 2.83 bits per heavy atom. The van der Waals surface area contributed by atoms with Crippen LogP contribution in [0.5, 0.6) is 0 Å². The van der Waals surface area contributed by atoms with E-state index in [0.29, 0.717) is 28.4 Å². The Balaban J connectivity index is 1.98. The lowest BCUT2D eigenvalue weighted by molar-refractivity contribution is 0.602. The van der Waals surface area contributed by atoms with Crippen molar-refractivity contribution in [2.45, 2.75) is 11.4 Å². The summed E-state index contributed by atoms with van der Waals surface area (Å²) in [6, 6.07) is 4.92. The molecule has 2 N–H and O–H groups in total. The highest BCUT2D eigenvalue weighted by molar-refractivity contribution is 7.93. The molecule has 0 atom stereocenters. The van der Waals surface area contributed by atoms with Crippen LogP contribution in [0.2, 0.25) is 10.2 Å². The number of aromatic nitrogens is 3. The van der Waals surface area contributed by atoms with Gasteiger partial charge in [0.2, 0.25) is 0 Å². The minimum absolute atomic E-state index is 0.102. The maximum atomic E-state index is 12.6. The Morgan fingerprint density at radius 1 is 1.30 bits per heavy atom. The monoisotopic (exact) mass is 392 g/mol. The van der Waals surface area contributed by atoms with Gasteiger partial charge in [0, 0.05) is 28.0 Å². The first kappa shape index (κ1) is 16.4. The molecule has 6 nitrogen and oxygen atoms in total. The number of fused-ring (bicyclic) bond motifs is 1. The van der Waals surface area contributed by atoms with Crippen molar-refractivity contribution in [1.82, 2.24) is 14.8 Å². The van der Waals surface area contributed by atoms with E-state index in [4.69, 9.17) is 34.8 Å². The second kappa shape index (κ2) is 6.24. The van der Waals surface area contributed by atoms with Crippen LogP contribution in [-0.4, -0.2) is 29.1 Å². The number of anilines is 1. The fraction of sp³-hybridized carbons (Fsp3) is 0.154. The smallest absolute Gasteiger partial charge is 0.264 e. The molecule has 23 heavy (non-hydrogen) atoms. The third kappa shape index (κ3) is 3.14. The van der Waals surface area contributed by atoms with E-state index in [-0.39, 0.29) is 15.7 Å². The molecular formula is C13H11Cl3N4O2S. The van der Waals surface area contributed by atoms with Gasteiger partial charge in [-0.2, -0.15) is 5.10 Å². The van der Waals surface area contributed by atoms with Crippen molar-refractivity contribution in [1.29, 1.82) is 0 Å². The lowest BCUT2D eigenvalue weighted by atomic mass is 10.2. The van der Waals surface area contributed by atoms with E-state index in [2.05, 4.69) is 14.8 Å². The maximum absolute atomic E-state index is 12.6. The van der Waals surface area contributed by atoms with E-state index in [1.807, 2.05) is 0 Å². The number of H-pyrrole nitrogens is 1. The van der Waals surface area contributed by atoms with Crippen LogP contribution in [0, 0.1) is 0 Å². The fourth-order valence-electron chi connectivity index (χ4n) is 2.17. The van der Waals surface area contributed by atoms with Crippen LogP contribution in [0.15, 0.2) is 35.5 Å². The Morgan fingerprint density at radius 2 is 2.09 bits per heavy atom. The Labute approximate surface area is 147 Å². The van der Waals surface area contributed by atoms with Crippen LogP contribution >= 0.6 is 34.8 Å². The van der Waals surface area contributed by atoms with Crippen molar-refractivity contribution in [3.63, 3.8) is 0 Å². The van der Waals surface area contributed by atoms with Crippen LogP contribution < -0.4 is 4.72 Å². The Hall–Kier alpha value is -1.41.